The maximum atomic E-state index is 12.0. The number of aromatic nitrogens is 1. The summed E-state index contributed by atoms with van der Waals surface area (Å²) in [6, 6.07) is 13.6. The van der Waals surface area contributed by atoms with Crippen molar-refractivity contribution in [2.45, 2.75) is 20.0 Å². The first-order chi connectivity index (χ1) is 14.0. The molecular formula is C23H24N2O4. The van der Waals surface area contributed by atoms with Crippen LogP contribution in [-0.2, 0) is 13.1 Å². The number of aryl methyl sites for hydroxylation is 1. The Balaban J connectivity index is 1.61. The van der Waals surface area contributed by atoms with E-state index in [9.17, 15) is 9.90 Å². The highest BCUT2D eigenvalue weighted by Gasteiger charge is 2.20. The van der Waals surface area contributed by atoms with Crippen molar-refractivity contribution >= 4 is 0 Å². The van der Waals surface area contributed by atoms with Crippen molar-refractivity contribution in [1.82, 2.24) is 9.88 Å². The second-order valence-electron chi connectivity index (χ2n) is 7.30. The third kappa shape index (κ3) is 4.12. The predicted octanol–water partition coefficient (Wildman–Crippen LogP) is 3.46. The van der Waals surface area contributed by atoms with E-state index in [1.54, 1.807) is 18.3 Å². The quantitative estimate of drug-likeness (QED) is 0.711. The van der Waals surface area contributed by atoms with E-state index < -0.39 is 0 Å². The number of ether oxygens (including phenoxy) is 2. The van der Waals surface area contributed by atoms with E-state index in [2.05, 4.69) is 28.1 Å². The van der Waals surface area contributed by atoms with Crippen LogP contribution < -0.4 is 14.9 Å². The number of hydrogen-bond donors (Lipinski definition) is 2. The zero-order chi connectivity index (χ0) is 20.4. The zero-order valence-corrected chi connectivity index (χ0v) is 16.6. The monoisotopic (exact) mass is 392 g/mol. The summed E-state index contributed by atoms with van der Waals surface area (Å²) in [7, 11) is 1.48. The Labute approximate surface area is 169 Å². The van der Waals surface area contributed by atoms with Crippen molar-refractivity contribution in [3.05, 3.63) is 75.7 Å². The Kier molecular flexibility index (Phi) is 5.27. The minimum absolute atomic E-state index is 0.146. The summed E-state index contributed by atoms with van der Waals surface area (Å²) < 4.78 is 10.9. The van der Waals surface area contributed by atoms with Crippen molar-refractivity contribution in [3.8, 4) is 28.4 Å². The summed E-state index contributed by atoms with van der Waals surface area (Å²) >= 11 is 0. The van der Waals surface area contributed by atoms with Gasteiger partial charge in [0.25, 0.3) is 0 Å². The van der Waals surface area contributed by atoms with E-state index in [1.165, 1.54) is 12.7 Å². The molecular weight excluding hydrogens is 368 g/mol. The van der Waals surface area contributed by atoms with Crippen LogP contribution in [0.1, 0.15) is 16.8 Å². The van der Waals surface area contributed by atoms with Gasteiger partial charge in [0.1, 0.15) is 6.61 Å². The molecule has 4 rings (SSSR count). The second-order valence-corrected chi connectivity index (χ2v) is 7.30. The Hall–Kier alpha value is -3.25. The summed E-state index contributed by atoms with van der Waals surface area (Å²) in [4.78, 5) is 17.3. The highest BCUT2D eigenvalue weighted by atomic mass is 16.5. The van der Waals surface area contributed by atoms with Gasteiger partial charge in [0.05, 0.1) is 7.11 Å². The minimum atomic E-state index is -0.146. The van der Waals surface area contributed by atoms with Crippen LogP contribution in [-0.4, -0.2) is 35.3 Å². The normalized spacial score (nSPS) is 14.0. The summed E-state index contributed by atoms with van der Waals surface area (Å²) in [5.41, 5.74) is 4.77. The number of nitrogens with one attached hydrogen (secondary N) is 1. The molecule has 0 bridgehead atoms. The van der Waals surface area contributed by atoms with Gasteiger partial charge in [-0.05, 0) is 30.2 Å². The molecule has 0 unspecified atom stereocenters. The number of methoxy groups -OCH3 is 1. The molecule has 1 aliphatic rings. The fraction of sp³-hybridized carbons (Fsp3) is 0.261. The summed E-state index contributed by atoms with van der Waals surface area (Å²) in [5, 5.41) is 10.5. The van der Waals surface area contributed by atoms with Crippen molar-refractivity contribution in [3.63, 3.8) is 0 Å². The van der Waals surface area contributed by atoms with Gasteiger partial charge in [-0.1, -0.05) is 29.8 Å². The van der Waals surface area contributed by atoms with Crippen molar-refractivity contribution in [2.24, 2.45) is 0 Å². The molecule has 6 nitrogen and oxygen atoms in total. The maximum Gasteiger partial charge on any atom is 0.223 e. The maximum absolute atomic E-state index is 12.0. The molecule has 0 radical (unpaired) electrons. The first-order valence-corrected chi connectivity index (χ1v) is 9.57. The number of benzene rings is 2. The molecule has 0 atom stereocenters. The summed E-state index contributed by atoms with van der Waals surface area (Å²) in [5.74, 6) is 0.982. The van der Waals surface area contributed by atoms with E-state index in [4.69, 9.17) is 9.47 Å². The SMILES string of the molecule is COc1c[nH]c(CN2CCOc3c(O)cc(-c4ccc(C)cc4)cc3C2)cc1=O. The zero-order valence-electron chi connectivity index (χ0n) is 16.6. The molecule has 6 heteroatoms. The molecule has 0 aliphatic carbocycles. The van der Waals surface area contributed by atoms with Crippen LogP contribution in [0.3, 0.4) is 0 Å². The van der Waals surface area contributed by atoms with Gasteiger partial charge in [-0.2, -0.15) is 0 Å². The molecule has 2 heterocycles. The van der Waals surface area contributed by atoms with E-state index in [0.717, 1.165) is 22.4 Å². The third-order valence-electron chi connectivity index (χ3n) is 5.13. The smallest absolute Gasteiger partial charge is 0.223 e. The first-order valence-electron chi connectivity index (χ1n) is 9.57. The van der Waals surface area contributed by atoms with Gasteiger partial charge in [0, 0.05) is 43.2 Å². The fourth-order valence-corrected chi connectivity index (χ4v) is 3.59. The highest BCUT2D eigenvalue weighted by Crippen LogP contribution is 2.37. The van der Waals surface area contributed by atoms with Crippen molar-refractivity contribution in [1.29, 1.82) is 0 Å². The molecule has 150 valence electrons. The average Bonchev–Trinajstić information content (AvgIpc) is 2.91. The van der Waals surface area contributed by atoms with Gasteiger partial charge >= 0.3 is 0 Å². The van der Waals surface area contributed by atoms with Crippen molar-refractivity contribution in [2.75, 3.05) is 20.3 Å². The lowest BCUT2D eigenvalue weighted by atomic mass is 10.0. The molecule has 29 heavy (non-hydrogen) atoms. The summed E-state index contributed by atoms with van der Waals surface area (Å²) in [6.07, 6.45) is 1.58. The number of rotatable bonds is 4. The number of hydrogen-bond acceptors (Lipinski definition) is 5. The van der Waals surface area contributed by atoms with Gasteiger partial charge in [-0.25, -0.2) is 0 Å². The molecule has 0 fully saturated rings. The second kappa shape index (κ2) is 8.01. The first kappa shape index (κ1) is 19.1. The third-order valence-corrected chi connectivity index (χ3v) is 5.13. The van der Waals surface area contributed by atoms with Crippen LogP contribution in [0.4, 0.5) is 0 Å². The van der Waals surface area contributed by atoms with Gasteiger partial charge in [-0.3, -0.25) is 9.69 Å². The Morgan fingerprint density at radius 1 is 1.17 bits per heavy atom. The van der Waals surface area contributed by atoms with Crippen LogP contribution in [0.5, 0.6) is 17.2 Å². The highest BCUT2D eigenvalue weighted by molar-refractivity contribution is 5.69. The lowest BCUT2D eigenvalue weighted by molar-refractivity contribution is 0.215. The average molecular weight is 392 g/mol. The Morgan fingerprint density at radius 3 is 2.69 bits per heavy atom. The fourth-order valence-electron chi connectivity index (χ4n) is 3.59. The van der Waals surface area contributed by atoms with Gasteiger partial charge in [-0.15, -0.1) is 0 Å². The van der Waals surface area contributed by atoms with E-state index in [0.29, 0.717) is 37.7 Å². The topological polar surface area (TPSA) is 74.8 Å². The van der Waals surface area contributed by atoms with Crippen LogP contribution in [0.15, 0.2) is 53.5 Å². The molecule has 1 aromatic heterocycles. The molecule has 0 amide bonds. The van der Waals surface area contributed by atoms with Gasteiger partial charge in [0.2, 0.25) is 5.43 Å². The van der Waals surface area contributed by atoms with Crippen LogP contribution in [0.2, 0.25) is 0 Å². The van der Waals surface area contributed by atoms with Crippen LogP contribution in [0.25, 0.3) is 11.1 Å². The van der Waals surface area contributed by atoms with Crippen molar-refractivity contribution < 1.29 is 14.6 Å². The lowest BCUT2D eigenvalue weighted by Crippen LogP contribution is -2.26. The van der Waals surface area contributed by atoms with Gasteiger partial charge in [0.15, 0.2) is 17.2 Å². The minimum Gasteiger partial charge on any atom is -0.504 e. The Bertz CT molecular complexity index is 1070. The number of nitrogens with zero attached hydrogens (tertiary/aromatic N) is 1. The lowest BCUT2D eigenvalue weighted by Gasteiger charge is -2.19. The number of pyridine rings is 1. The van der Waals surface area contributed by atoms with Crippen LogP contribution in [0, 0.1) is 6.92 Å². The van der Waals surface area contributed by atoms with Gasteiger partial charge < -0.3 is 19.6 Å². The van der Waals surface area contributed by atoms with E-state index >= 15 is 0 Å². The largest absolute Gasteiger partial charge is 0.504 e. The number of aromatic amines is 1. The summed E-state index contributed by atoms with van der Waals surface area (Å²) in [6.45, 7) is 4.37. The standard InChI is InChI=1S/C23H24N2O4/c1-15-3-5-16(6-4-15)17-9-18-13-25(7-8-29-23(18)21(27)10-17)14-19-11-20(26)22(28-2)12-24-19/h3-6,9-12,27H,7-8,13-14H2,1-2H3,(H,24,26). The Morgan fingerprint density at radius 2 is 1.97 bits per heavy atom. The molecule has 0 saturated carbocycles. The molecule has 3 aromatic rings. The van der Waals surface area contributed by atoms with E-state index in [-0.39, 0.29) is 11.2 Å². The number of fused-ring (bicyclic) bond motifs is 1. The molecule has 0 saturated heterocycles. The number of H-pyrrole nitrogens is 1. The number of phenolic OH excluding ortho intramolecular Hbond substituents is 1. The molecule has 0 spiro atoms. The number of aromatic hydroxyl groups is 1. The van der Waals surface area contributed by atoms with E-state index in [1.807, 2.05) is 19.1 Å². The van der Waals surface area contributed by atoms with Crippen LogP contribution >= 0.6 is 0 Å². The molecule has 1 aliphatic heterocycles. The predicted molar refractivity (Wildman–Crippen MR) is 112 cm³/mol. The number of phenols is 1. The molecule has 2 aromatic carbocycles. The molecule has 2 N–H and O–H groups in total.